The van der Waals surface area contributed by atoms with Crippen LogP contribution in [0.15, 0.2) is 42.7 Å². The molecule has 148 valence electrons. The van der Waals surface area contributed by atoms with Crippen LogP contribution in [0.1, 0.15) is 24.5 Å². The Labute approximate surface area is 165 Å². The summed E-state index contributed by atoms with van der Waals surface area (Å²) in [6.45, 7) is 4.99. The van der Waals surface area contributed by atoms with Gasteiger partial charge in [0.15, 0.2) is 0 Å². The van der Waals surface area contributed by atoms with E-state index in [1.165, 1.54) is 0 Å². The molecule has 0 N–H and O–H groups in total. The third kappa shape index (κ3) is 4.85. The van der Waals surface area contributed by atoms with E-state index in [1.54, 1.807) is 6.20 Å². The second kappa shape index (κ2) is 9.12. The summed E-state index contributed by atoms with van der Waals surface area (Å²) < 4.78 is 11.1. The first-order valence-corrected chi connectivity index (χ1v) is 9.90. The molecule has 0 atom stereocenters. The van der Waals surface area contributed by atoms with E-state index in [0.29, 0.717) is 44.6 Å². The normalized spacial score (nSPS) is 18.8. The SMILES string of the molecule is O=C(CN1CCC(c2cncc(Oc3ccccc3)n2)CC1)N1CCOCC1. The zero-order valence-corrected chi connectivity index (χ0v) is 16.0. The van der Waals surface area contributed by atoms with Gasteiger partial charge in [-0.15, -0.1) is 0 Å². The Hall–Kier alpha value is -2.51. The van der Waals surface area contributed by atoms with E-state index in [0.717, 1.165) is 37.4 Å². The zero-order chi connectivity index (χ0) is 19.2. The fraction of sp³-hybridized carbons (Fsp3) is 0.476. The molecule has 3 heterocycles. The van der Waals surface area contributed by atoms with Crippen LogP contribution in [-0.4, -0.2) is 71.6 Å². The molecule has 2 fully saturated rings. The van der Waals surface area contributed by atoms with Crippen molar-refractivity contribution in [1.29, 1.82) is 0 Å². The number of hydrogen-bond acceptors (Lipinski definition) is 6. The Balaban J connectivity index is 1.30. The molecule has 2 aromatic rings. The highest BCUT2D eigenvalue weighted by Crippen LogP contribution is 2.28. The van der Waals surface area contributed by atoms with Crippen molar-refractivity contribution in [2.75, 3.05) is 45.9 Å². The zero-order valence-electron chi connectivity index (χ0n) is 16.0. The van der Waals surface area contributed by atoms with E-state index in [2.05, 4.69) is 14.9 Å². The van der Waals surface area contributed by atoms with E-state index >= 15 is 0 Å². The summed E-state index contributed by atoms with van der Waals surface area (Å²) in [6.07, 6.45) is 5.42. The van der Waals surface area contributed by atoms with Crippen LogP contribution in [0.4, 0.5) is 0 Å². The van der Waals surface area contributed by atoms with Gasteiger partial charge in [-0.05, 0) is 38.1 Å². The lowest BCUT2D eigenvalue weighted by Crippen LogP contribution is -2.47. The first kappa shape index (κ1) is 18.8. The lowest BCUT2D eigenvalue weighted by molar-refractivity contribution is -0.136. The number of aromatic nitrogens is 2. The third-order valence-corrected chi connectivity index (χ3v) is 5.33. The number of rotatable bonds is 5. The highest BCUT2D eigenvalue weighted by atomic mass is 16.5. The number of benzene rings is 1. The highest BCUT2D eigenvalue weighted by molar-refractivity contribution is 5.78. The van der Waals surface area contributed by atoms with Crippen molar-refractivity contribution in [3.05, 3.63) is 48.4 Å². The minimum atomic E-state index is 0.208. The molecule has 0 bridgehead atoms. The Morgan fingerprint density at radius 2 is 1.82 bits per heavy atom. The molecule has 0 unspecified atom stereocenters. The van der Waals surface area contributed by atoms with Crippen LogP contribution in [0.3, 0.4) is 0 Å². The fourth-order valence-corrected chi connectivity index (χ4v) is 3.71. The minimum Gasteiger partial charge on any atom is -0.437 e. The van der Waals surface area contributed by atoms with Gasteiger partial charge in [0.2, 0.25) is 11.8 Å². The van der Waals surface area contributed by atoms with E-state index in [-0.39, 0.29) is 5.91 Å². The van der Waals surface area contributed by atoms with E-state index in [9.17, 15) is 4.79 Å². The first-order chi connectivity index (χ1) is 13.8. The van der Waals surface area contributed by atoms with Gasteiger partial charge in [0.25, 0.3) is 0 Å². The molecular formula is C21H26N4O3. The predicted octanol–water partition coefficient (Wildman–Crippen LogP) is 2.31. The topological polar surface area (TPSA) is 67.8 Å². The lowest BCUT2D eigenvalue weighted by Gasteiger charge is -2.33. The molecule has 1 aromatic heterocycles. The van der Waals surface area contributed by atoms with Crippen LogP contribution in [0, 0.1) is 0 Å². The summed E-state index contributed by atoms with van der Waals surface area (Å²) in [5, 5.41) is 0. The van der Waals surface area contributed by atoms with Gasteiger partial charge in [0.05, 0.1) is 31.6 Å². The molecule has 2 aliphatic rings. The first-order valence-electron chi connectivity index (χ1n) is 9.90. The van der Waals surface area contributed by atoms with Crippen LogP contribution in [0.25, 0.3) is 0 Å². The maximum Gasteiger partial charge on any atom is 0.238 e. The standard InChI is InChI=1S/C21H26N4O3/c26-21(25-10-12-27-13-11-25)16-24-8-6-17(7-9-24)19-14-22-15-20(23-19)28-18-4-2-1-3-5-18/h1-5,14-15,17H,6-13,16H2. The lowest BCUT2D eigenvalue weighted by atomic mass is 9.94. The molecule has 0 aliphatic carbocycles. The summed E-state index contributed by atoms with van der Waals surface area (Å²) in [4.78, 5) is 25.5. The number of hydrogen-bond donors (Lipinski definition) is 0. The number of amides is 1. The molecule has 1 aromatic carbocycles. The van der Waals surface area contributed by atoms with Crippen molar-refractivity contribution in [2.45, 2.75) is 18.8 Å². The van der Waals surface area contributed by atoms with Crippen molar-refractivity contribution in [3.8, 4) is 11.6 Å². The smallest absolute Gasteiger partial charge is 0.238 e. The van der Waals surface area contributed by atoms with Crippen LogP contribution in [0.2, 0.25) is 0 Å². The van der Waals surface area contributed by atoms with Gasteiger partial charge in [-0.2, -0.15) is 0 Å². The number of ether oxygens (including phenoxy) is 2. The number of morpholine rings is 1. The van der Waals surface area contributed by atoms with Gasteiger partial charge in [0.1, 0.15) is 5.75 Å². The number of carbonyl (C=O) groups excluding carboxylic acids is 1. The second-order valence-corrected chi connectivity index (χ2v) is 7.24. The molecule has 0 saturated carbocycles. The van der Waals surface area contributed by atoms with Crippen molar-refractivity contribution < 1.29 is 14.3 Å². The third-order valence-electron chi connectivity index (χ3n) is 5.33. The molecule has 28 heavy (non-hydrogen) atoms. The van der Waals surface area contributed by atoms with E-state index < -0.39 is 0 Å². The highest BCUT2D eigenvalue weighted by Gasteiger charge is 2.25. The Bertz CT molecular complexity index is 772. The summed E-state index contributed by atoms with van der Waals surface area (Å²) >= 11 is 0. The maximum atomic E-state index is 12.4. The van der Waals surface area contributed by atoms with Crippen molar-refractivity contribution >= 4 is 5.91 Å². The molecule has 0 spiro atoms. The average Bonchev–Trinajstić information content (AvgIpc) is 2.76. The van der Waals surface area contributed by atoms with E-state index in [1.807, 2.05) is 41.4 Å². The largest absolute Gasteiger partial charge is 0.437 e. The quantitative estimate of drug-likeness (QED) is 0.791. The minimum absolute atomic E-state index is 0.208. The summed E-state index contributed by atoms with van der Waals surface area (Å²) in [6, 6.07) is 9.62. The molecule has 7 heteroatoms. The van der Waals surface area contributed by atoms with Gasteiger partial charge in [-0.3, -0.25) is 14.7 Å². The molecule has 2 saturated heterocycles. The van der Waals surface area contributed by atoms with Crippen molar-refractivity contribution in [1.82, 2.24) is 19.8 Å². The van der Waals surface area contributed by atoms with E-state index in [4.69, 9.17) is 9.47 Å². The number of likely N-dealkylation sites (tertiary alicyclic amines) is 1. The molecule has 7 nitrogen and oxygen atoms in total. The van der Waals surface area contributed by atoms with Gasteiger partial charge in [-0.25, -0.2) is 4.98 Å². The van der Waals surface area contributed by atoms with Gasteiger partial charge >= 0.3 is 0 Å². The van der Waals surface area contributed by atoms with Crippen molar-refractivity contribution in [2.24, 2.45) is 0 Å². The predicted molar refractivity (Wildman–Crippen MR) is 104 cm³/mol. The summed E-state index contributed by atoms with van der Waals surface area (Å²) in [5.74, 6) is 1.83. The number of nitrogens with zero attached hydrogens (tertiary/aromatic N) is 4. The van der Waals surface area contributed by atoms with Gasteiger partial charge in [0, 0.05) is 25.2 Å². The summed E-state index contributed by atoms with van der Waals surface area (Å²) in [7, 11) is 0. The van der Waals surface area contributed by atoms with Crippen LogP contribution >= 0.6 is 0 Å². The Kier molecular flexibility index (Phi) is 6.14. The fourth-order valence-electron chi connectivity index (χ4n) is 3.71. The Morgan fingerprint density at radius 3 is 2.57 bits per heavy atom. The molecule has 1 amide bonds. The van der Waals surface area contributed by atoms with Crippen LogP contribution in [-0.2, 0) is 9.53 Å². The maximum absolute atomic E-state index is 12.4. The molecule has 2 aliphatic heterocycles. The van der Waals surface area contributed by atoms with Crippen LogP contribution < -0.4 is 4.74 Å². The number of para-hydroxylation sites is 1. The average molecular weight is 382 g/mol. The summed E-state index contributed by atoms with van der Waals surface area (Å²) in [5.41, 5.74) is 0.965. The number of piperidine rings is 1. The monoisotopic (exact) mass is 382 g/mol. The molecule has 0 radical (unpaired) electrons. The number of carbonyl (C=O) groups is 1. The van der Waals surface area contributed by atoms with Crippen molar-refractivity contribution in [3.63, 3.8) is 0 Å². The van der Waals surface area contributed by atoms with Crippen LogP contribution in [0.5, 0.6) is 11.6 Å². The molecule has 4 rings (SSSR count). The second-order valence-electron chi connectivity index (χ2n) is 7.24. The van der Waals surface area contributed by atoms with Gasteiger partial charge in [-0.1, -0.05) is 18.2 Å². The molecular weight excluding hydrogens is 356 g/mol. The van der Waals surface area contributed by atoms with Gasteiger partial charge < -0.3 is 14.4 Å². The Morgan fingerprint density at radius 1 is 1.07 bits per heavy atom.